The highest BCUT2D eigenvalue weighted by Crippen LogP contribution is 2.47. The van der Waals surface area contributed by atoms with Gasteiger partial charge in [0.2, 0.25) is 5.82 Å². The fourth-order valence-corrected chi connectivity index (χ4v) is 10.2. The Bertz CT molecular complexity index is 1300. The summed E-state index contributed by atoms with van der Waals surface area (Å²) in [5.74, 6) is -21.4. The maximum Gasteiger partial charge on any atom is 0.259 e. The standard InChI is InChI=1S/C23H21F9OSi/c1-7(2)34(8(3)4,9(5)6)33-23-19(29)13-12(18(28)22(23)32)14(24)10-11(15(13)25)17(27)21(31)20(30)16(10)26/h7-9H,1-6H3. The SMILES string of the molecule is CC(C)[Si](Oc1c(F)c(F)c2c(F)c3c(F)c(F)c(F)c(F)c3c(F)c2c1F)(C(C)C)C(C)C. The Morgan fingerprint density at radius 3 is 1.03 bits per heavy atom. The number of rotatable bonds is 5. The van der Waals surface area contributed by atoms with E-state index in [9.17, 15) is 17.6 Å². The van der Waals surface area contributed by atoms with Gasteiger partial charge in [0.15, 0.2) is 40.7 Å². The lowest BCUT2D eigenvalue weighted by atomic mass is 9.99. The van der Waals surface area contributed by atoms with Crippen molar-refractivity contribution in [2.75, 3.05) is 0 Å². The van der Waals surface area contributed by atoms with Gasteiger partial charge in [0.25, 0.3) is 8.32 Å². The summed E-state index contributed by atoms with van der Waals surface area (Å²) in [6.07, 6.45) is 0. The summed E-state index contributed by atoms with van der Waals surface area (Å²) in [6.45, 7) is 10.4. The van der Waals surface area contributed by atoms with Crippen LogP contribution in [0.3, 0.4) is 0 Å². The van der Waals surface area contributed by atoms with Crippen LogP contribution >= 0.6 is 0 Å². The zero-order valence-corrected chi connectivity index (χ0v) is 20.0. The second-order valence-corrected chi connectivity index (χ2v) is 14.5. The minimum Gasteiger partial charge on any atom is -0.539 e. The predicted octanol–water partition coefficient (Wildman–Crippen LogP) is 8.80. The monoisotopic (exact) mass is 512 g/mol. The van der Waals surface area contributed by atoms with Gasteiger partial charge in [-0.25, -0.2) is 35.1 Å². The molecular weight excluding hydrogens is 491 g/mol. The second-order valence-electron chi connectivity index (χ2n) is 9.07. The summed E-state index contributed by atoms with van der Waals surface area (Å²) in [6, 6.07) is 0. The molecule has 0 saturated heterocycles. The average Bonchev–Trinajstić information content (AvgIpc) is 2.74. The number of fused-ring (bicyclic) bond motifs is 2. The minimum absolute atomic E-state index is 0.271. The maximum absolute atomic E-state index is 15.5. The Balaban J connectivity index is 2.56. The number of halogens is 9. The molecular formula is C23H21F9OSi. The van der Waals surface area contributed by atoms with Gasteiger partial charge in [-0.1, -0.05) is 41.5 Å². The van der Waals surface area contributed by atoms with Gasteiger partial charge in [0.05, 0.1) is 21.5 Å². The summed E-state index contributed by atoms with van der Waals surface area (Å²) in [5, 5.41) is -6.93. The first-order valence-corrected chi connectivity index (χ1v) is 12.6. The molecule has 0 bridgehead atoms. The van der Waals surface area contributed by atoms with Crippen molar-refractivity contribution in [2.24, 2.45) is 0 Å². The summed E-state index contributed by atoms with van der Waals surface area (Å²) >= 11 is 0. The van der Waals surface area contributed by atoms with Gasteiger partial charge in [0.1, 0.15) is 11.6 Å². The molecule has 0 fully saturated rings. The van der Waals surface area contributed by atoms with Crippen molar-refractivity contribution in [2.45, 2.75) is 58.2 Å². The molecule has 3 aromatic carbocycles. The summed E-state index contributed by atoms with van der Waals surface area (Å²) in [5.41, 5.74) is -0.814. The molecule has 0 amide bonds. The predicted molar refractivity (Wildman–Crippen MR) is 113 cm³/mol. The van der Waals surface area contributed by atoms with E-state index in [0.717, 1.165) is 0 Å². The van der Waals surface area contributed by atoms with E-state index in [1.165, 1.54) is 0 Å². The molecule has 0 aromatic heterocycles. The molecule has 34 heavy (non-hydrogen) atoms. The van der Waals surface area contributed by atoms with E-state index in [1.54, 1.807) is 41.5 Å². The zero-order chi connectivity index (χ0) is 26.0. The van der Waals surface area contributed by atoms with Crippen molar-refractivity contribution in [3.63, 3.8) is 0 Å². The van der Waals surface area contributed by atoms with Gasteiger partial charge in [-0.2, -0.15) is 4.39 Å². The van der Waals surface area contributed by atoms with Crippen molar-refractivity contribution >= 4 is 29.9 Å². The van der Waals surface area contributed by atoms with Gasteiger partial charge in [-0.3, -0.25) is 0 Å². The Labute approximate surface area is 190 Å². The quantitative estimate of drug-likeness (QED) is 0.109. The Hall–Kier alpha value is -2.43. The first kappa shape index (κ1) is 26.2. The van der Waals surface area contributed by atoms with Crippen LogP contribution in [0.4, 0.5) is 39.5 Å². The Morgan fingerprint density at radius 2 is 0.706 bits per heavy atom. The smallest absolute Gasteiger partial charge is 0.259 e. The Morgan fingerprint density at radius 1 is 0.412 bits per heavy atom. The minimum atomic E-state index is -3.17. The molecule has 0 N–H and O–H groups in total. The second kappa shape index (κ2) is 8.65. The average molecular weight is 512 g/mol. The van der Waals surface area contributed by atoms with Crippen molar-refractivity contribution in [1.29, 1.82) is 0 Å². The van der Waals surface area contributed by atoms with E-state index in [-0.39, 0.29) is 16.6 Å². The van der Waals surface area contributed by atoms with Crippen LogP contribution in [-0.2, 0) is 0 Å². The van der Waals surface area contributed by atoms with Crippen molar-refractivity contribution in [3.05, 3.63) is 52.4 Å². The largest absolute Gasteiger partial charge is 0.539 e. The van der Waals surface area contributed by atoms with Crippen molar-refractivity contribution in [3.8, 4) is 5.75 Å². The highest BCUT2D eigenvalue weighted by molar-refractivity contribution is 6.78. The fraction of sp³-hybridized carbons (Fsp3) is 0.391. The van der Waals surface area contributed by atoms with Crippen LogP contribution in [0.2, 0.25) is 16.6 Å². The molecule has 3 rings (SSSR count). The summed E-state index contributed by atoms with van der Waals surface area (Å²) < 4.78 is 137. The van der Waals surface area contributed by atoms with Crippen LogP contribution in [0.15, 0.2) is 0 Å². The highest BCUT2D eigenvalue weighted by Gasteiger charge is 2.48. The van der Waals surface area contributed by atoms with Crippen LogP contribution in [-0.4, -0.2) is 8.32 Å². The van der Waals surface area contributed by atoms with Gasteiger partial charge >= 0.3 is 0 Å². The van der Waals surface area contributed by atoms with Crippen LogP contribution in [0.1, 0.15) is 41.5 Å². The van der Waals surface area contributed by atoms with E-state index in [4.69, 9.17) is 4.43 Å². The molecule has 0 spiro atoms. The zero-order valence-electron chi connectivity index (χ0n) is 19.0. The first-order valence-electron chi connectivity index (χ1n) is 10.4. The molecule has 0 saturated carbocycles. The molecule has 0 heterocycles. The Kier molecular flexibility index (Phi) is 6.66. The lowest BCUT2D eigenvalue weighted by molar-refractivity contribution is 0.397. The molecule has 11 heteroatoms. The molecule has 1 nitrogen and oxygen atoms in total. The highest BCUT2D eigenvalue weighted by atomic mass is 28.4. The molecule has 0 aliphatic carbocycles. The molecule has 0 aliphatic rings. The van der Waals surface area contributed by atoms with Crippen LogP contribution in [0.25, 0.3) is 21.5 Å². The van der Waals surface area contributed by atoms with Crippen LogP contribution < -0.4 is 4.43 Å². The topological polar surface area (TPSA) is 9.23 Å². The van der Waals surface area contributed by atoms with Gasteiger partial charge in [-0.15, -0.1) is 0 Å². The summed E-state index contributed by atoms with van der Waals surface area (Å²) in [7, 11) is -3.17. The van der Waals surface area contributed by atoms with Gasteiger partial charge < -0.3 is 4.43 Å². The molecule has 3 aromatic rings. The van der Waals surface area contributed by atoms with Crippen molar-refractivity contribution < 1.29 is 43.9 Å². The third-order valence-corrected chi connectivity index (χ3v) is 12.4. The lowest BCUT2D eigenvalue weighted by Crippen LogP contribution is -2.51. The van der Waals surface area contributed by atoms with E-state index in [2.05, 4.69) is 0 Å². The lowest BCUT2D eigenvalue weighted by Gasteiger charge is -2.42. The molecule has 0 radical (unpaired) electrons. The van der Waals surface area contributed by atoms with E-state index in [0.29, 0.717) is 0 Å². The fourth-order valence-electron chi connectivity index (χ4n) is 4.96. The third kappa shape index (κ3) is 3.37. The first-order chi connectivity index (χ1) is 15.6. The summed E-state index contributed by atoms with van der Waals surface area (Å²) in [4.78, 5) is 0. The van der Waals surface area contributed by atoms with Gasteiger partial charge in [0, 0.05) is 0 Å². The third-order valence-electron chi connectivity index (χ3n) is 6.41. The van der Waals surface area contributed by atoms with E-state index in [1.807, 2.05) is 0 Å². The normalized spacial score (nSPS) is 12.8. The van der Waals surface area contributed by atoms with Crippen LogP contribution in [0, 0.1) is 52.4 Å². The van der Waals surface area contributed by atoms with Gasteiger partial charge in [-0.05, 0) is 16.6 Å². The van der Waals surface area contributed by atoms with Crippen LogP contribution in [0.5, 0.6) is 5.75 Å². The van der Waals surface area contributed by atoms with E-state index >= 15 is 22.0 Å². The van der Waals surface area contributed by atoms with E-state index < -0.39 is 88.0 Å². The van der Waals surface area contributed by atoms with Crippen molar-refractivity contribution in [1.82, 2.24) is 0 Å². The molecule has 186 valence electrons. The molecule has 0 unspecified atom stereocenters. The number of benzene rings is 3. The maximum atomic E-state index is 15.5. The number of hydrogen-bond acceptors (Lipinski definition) is 1. The number of hydrogen-bond donors (Lipinski definition) is 0. The molecule has 0 aliphatic heterocycles. The molecule has 0 atom stereocenters.